The van der Waals surface area contributed by atoms with Gasteiger partial charge in [-0.2, -0.15) is 5.26 Å². The number of nitrogens with one attached hydrogen (secondary N) is 2. The van der Waals surface area contributed by atoms with Gasteiger partial charge >= 0.3 is 0 Å². The molecule has 0 aliphatic carbocycles. The highest BCUT2D eigenvalue weighted by atomic mass is 35.5. The fraction of sp³-hybridized carbons (Fsp3) is 0.286. The van der Waals surface area contributed by atoms with E-state index in [0.29, 0.717) is 35.3 Å². The Hall–Kier alpha value is -1.90. The van der Waals surface area contributed by atoms with E-state index < -0.39 is 5.91 Å². The Kier molecular flexibility index (Phi) is 7.44. The van der Waals surface area contributed by atoms with Crippen molar-refractivity contribution in [3.63, 3.8) is 0 Å². The van der Waals surface area contributed by atoms with Gasteiger partial charge in [-0.3, -0.25) is 4.79 Å². The molecule has 0 saturated heterocycles. The van der Waals surface area contributed by atoms with Crippen LogP contribution in [0.1, 0.15) is 6.42 Å². The molecule has 5 nitrogen and oxygen atoms in total. The van der Waals surface area contributed by atoms with Gasteiger partial charge in [-0.1, -0.05) is 11.6 Å². The Balaban J connectivity index is 2.79. The molecule has 2 N–H and O–H groups in total. The van der Waals surface area contributed by atoms with Gasteiger partial charge in [-0.15, -0.1) is 11.6 Å². The summed E-state index contributed by atoms with van der Waals surface area (Å²) < 4.78 is 5.16. The monoisotopic (exact) mass is 327 g/mol. The zero-order valence-electron chi connectivity index (χ0n) is 11.5. The highest BCUT2D eigenvalue weighted by Gasteiger charge is 2.09. The maximum absolute atomic E-state index is 11.7. The highest BCUT2D eigenvalue weighted by Crippen LogP contribution is 2.27. The van der Waals surface area contributed by atoms with Gasteiger partial charge in [0.2, 0.25) is 0 Å². The minimum atomic E-state index is -0.462. The van der Waals surface area contributed by atoms with Crippen LogP contribution >= 0.6 is 23.2 Å². The van der Waals surface area contributed by atoms with Gasteiger partial charge in [-0.05, 0) is 24.6 Å². The van der Waals surface area contributed by atoms with E-state index in [-0.39, 0.29) is 5.57 Å². The minimum Gasteiger partial charge on any atom is -0.495 e. The molecule has 0 atom stereocenters. The second kappa shape index (κ2) is 9.11. The Morgan fingerprint density at radius 1 is 1.52 bits per heavy atom. The smallest absolute Gasteiger partial charge is 0.263 e. The number of hydrogen-bond acceptors (Lipinski definition) is 4. The number of benzene rings is 1. The molecule has 1 aromatic carbocycles. The number of alkyl halides is 1. The van der Waals surface area contributed by atoms with Gasteiger partial charge in [0.05, 0.1) is 12.8 Å². The first-order valence-corrected chi connectivity index (χ1v) is 7.08. The first-order chi connectivity index (χ1) is 10.1. The molecule has 1 amide bonds. The molecule has 0 spiro atoms. The highest BCUT2D eigenvalue weighted by molar-refractivity contribution is 6.30. The third-order valence-corrected chi connectivity index (χ3v) is 3.00. The van der Waals surface area contributed by atoms with E-state index in [2.05, 4.69) is 10.6 Å². The van der Waals surface area contributed by atoms with Gasteiger partial charge in [0, 0.05) is 23.6 Å². The number of hydrogen-bond donors (Lipinski definition) is 2. The molecular weight excluding hydrogens is 313 g/mol. The lowest BCUT2D eigenvalue weighted by Gasteiger charge is -2.09. The van der Waals surface area contributed by atoms with E-state index >= 15 is 0 Å². The maximum atomic E-state index is 11.7. The van der Waals surface area contributed by atoms with E-state index in [1.165, 1.54) is 13.3 Å². The molecule has 0 fully saturated rings. The van der Waals surface area contributed by atoms with Crippen LogP contribution in [0.2, 0.25) is 5.02 Å². The van der Waals surface area contributed by atoms with Crippen LogP contribution in [0.4, 0.5) is 5.69 Å². The number of ether oxygens (including phenoxy) is 1. The van der Waals surface area contributed by atoms with Crippen LogP contribution in [0.25, 0.3) is 0 Å². The van der Waals surface area contributed by atoms with Crippen LogP contribution < -0.4 is 15.4 Å². The Labute approximate surface area is 133 Å². The number of rotatable bonds is 7. The van der Waals surface area contributed by atoms with Crippen molar-refractivity contribution in [2.75, 3.05) is 24.9 Å². The molecule has 0 saturated carbocycles. The number of nitriles is 1. The Bertz CT molecular complexity index is 568. The van der Waals surface area contributed by atoms with Crippen molar-refractivity contribution in [1.29, 1.82) is 5.26 Å². The molecule has 0 aliphatic heterocycles. The fourth-order valence-corrected chi connectivity index (χ4v) is 1.76. The summed E-state index contributed by atoms with van der Waals surface area (Å²) in [5, 5.41) is 15.0. The normalized spacial score (nSPS) is 10.7. The molecule has 0 heterocycles. The molecule has 0 aliphatic rings. The molecule has 0 radical (unpaired) electrons. The quantitative estimate of drug-likeness (QED) is 0.349. The predicted octanol–water partition coefficient (Wildman–Crippen LogP) is 2.91. The molecule has 0 aromatic heterocycles. The lowest BCUT2D eigenvalue weighted by atomic mass is 10.2. The predicted molar refractivity (Wildman–Crippen MR) is 83.7 cm³/mol. The number of nitrogens with zero attached hydrogens (tertiary/aromatic N) is 1. The van der Waals surface area contributed by atoms with E-state index in [1.54, 1.807) is 18.2 Å². The number of methoxy groups -OCH3 is 1. The number of carbonyl (C=O) groups excluding carboxylic acids is 1. The number of amides is 1. The second-order valence-corrected chi connectivity index (χ2v) is 4.77. The second-order valence-electron chi connectivity index (χ2n) is 3.96. The van der Waals surface area contributed by atoms with Crippen molar-refractivity contribution in [2.24, 2.45) is 0 Å². The van der Waals surface area contributed by atoms with Crippen molar-refractivity contribution < 1.29 is 9.53 Å². The van der Waals surface area contributed by atoms with Crippen LogP contribution in [0, 0.1) is 11.3 Å². The summed E-state index contributed by atoms with van der Waals surface area (Å²) in [5.41, 5.74) is 0.512. The lowest BCUT2D eigenvalue weighted by molar-refractivity contribution is -0.117. The molecular formula is C14H15Cl2N3O2. The van der Waals surface area contributed by atoms with E-state index in [1.807, 2.05) is 6.07 Å². The first-order valence-electron chi connectivity index (χ1n) is 6.17. The average molecular weight is 328 g/mol. The van der Waals surface area contributed by atoms with Crippen LogP contribution in [0.15, 0.2) is 30.0 Å². The summed E-state index contributed by atoms with van der Waals surface area (Å²) in [4.78, 5) is 11.7. The summed E-state index contributed by atoms with van der Waals surface area (Å²) in [6, 6.07) is 6.83. The Morgan fingerprint density at radius 3 is 2.90 bits per heavy atom. The van der Waals surface area contributed by atoms with Crippen molar-refractivity contribution in [3.8, 4) is 11.8 Å². The summed E-state index contributed by atoms with van der Waals surface area (Å²) in [6.45, 7) is 0.418. The molecule has 1 rings (SSSR count). The molecule has 7 heteroatoms. The SMILES string of the molecule is COc1ccc(Cl)cc1N/C=C(/C#N)C(=O)NCCCCl. The summed E-state index contributed by atoms with van der Waals surface area (Å²) >= 11 is 11.4. The largest absolute Gasteiger partial charge is 0.495 e. The van der Waals surface area contributed by atoms with E-state index in [0.717, 1.165) is 0 Å². The third kappa shape index (κ3) is 5.54. The molecule has 21 heavy (non-hydrogen) atoms. The lowest BCUT2D eigenvalue weighted by Crippen LogP contribution is -2.26. The Morgan fingerprint density at radius 2 is 2.29 bits per heavy atom. The summed E-state index contributed by atoms with van der Waals surface area (Å²) in [7, 11) is 1.52. The fourth-order valence-electron chi connectivity index (χ4n) is 1.46. The third-order valence-electron chi connectivity index (χ3n) is 2.49. The van der Waals surface area contributed by atoms with Gasteiger partial charge in [0.1, 0.15) is 17.4 Å². The van der Waals surface area contributed by atoms with E-state index in [4.69, 9.17) is 33.2 Å². The topological polar surface area (TPSA) is 74.1 Å². The number of carbonyl (C=O) groups is 1. The minimum absolute atomic E-state index is 0.0494. The first kappa shape index (κ1) is 17.2. The molecule has 0 bridgehead atoms. The van der Waals surface area contributed by atoms with Crippen molar-refractivity contribution in [2.45, 2.75) is 6.42 Å². The van der Waals surface area contributed by atoms with Crippen LogP contribution in [0.3, 0.4) is 0 Å². The standard InChI is InChI=1S/C14H15Cl2N3O2/c1-21-13-4-3-11(16)7-12(13)19-9-10(8-17)14(20)18-6-2-5-15/h3-4,7,9,19H,2,5-6H2,1H3,(H,18,20)/b10-9-. The van der Waals surface area contributed by atoms with Crippen molar-refractivity contribution in [3.05, 3.63) is 35.0 Å². The van der Waals surface area contributed by atoms with Crippen LogP contribution in [0.5, 0.6) is 5.75 Å². The van der Waals surface area contributed by atoms with Crippen LogP contribution in [-0.2, 0) is 4.79 Å². The van der Waals surface area contributed by atoms with Gasteiger partial charge in [0.25, 0.3) is 5.91 Å². The average Bonchev–Trinajstić information content (AvgIpc) is 2.48. The summed E-state index contributed by atoms with van der Waals surface area (Å²) in [6.07, 6.45) is 1.95. The van der Waals surface area contributed by atoms with Crippen molar-refractivity contribution in [1.82, 2.24) is 5.32 Å². The van der Waals surface area contributed by atoms with E-state index in [9.17, 15) is 4.79 Å². The van der Waals surface area contributed by atoms with Crippen molar-refractivity contribution >= 4 is 34.8 Å². The molecule has 0 unspecified atom stereocenters. The van der Waals surface area contributed by atoms with Crippen LogP contribution in [-0.4, -0.2) is 25.4 Å². The molecule has 112 valence electrons. The maximum Gasteiger partial charge on any atom is 0.263 e. The summed E-state index contributed by atoms with van der Waals surface area (Å²) in [5.74, 6) is 0.538. The molecule has 1 aromatic rings. The zero-order valence-corrected chi connectivity index (χ0v) is 13.0. The zero-order chi connectivity index (χ0) is 15.7. The number of halogens is 2. The van der Waals surface area contributed by atoms with Gasteiger partial charge < -0.3 is 15.4 Å². The van der Waals surface area contributed by atoms with Gasteiger partial charge in [-0.25, -0.2) is 0 Å². The van der Waals surface area contributed by atoms with Gasteiger partial charge in [0.15, 0.2) is 0 Å². The number of anilines is 1.